The van der Waals surface area contributed by atoms with Crippen LogP contribution in [-0.4, -0.2) is 17.5 Å². The Morgan fingerprint density at radius 3 is 2.65 bits per heavy atom. The van der Waals surface area contributed by atoms with Crippen molar-refractivity contribution in [2.75, 3.05) is 6.61 Å². The fourth-order valence-electron chi connectivity index (χ4n) is 1.49. The van der Waals surface area contributed by atoms with E-state index in [9.17, 15) is 14.9 Å². The highest BCUT2D eigenvalue weighted by atomic mass is 35.5. The number of nitrogens with zero attached hydrogens (tertiary/aromatic N) is 1. The summed E-state index contributed by atoms with van der Waals surface area (Å²) in [6, 6.07) is 2.93. The molecule has 0 heterocycles. The van der Waals surface area contributed by atoms with E-state index in [-0.39, 0.29) is 29.3 Å². The number of alkyl halides is 1. The van der Waals surface area contributed by atoms with Gasteiger partial charge in [-0.3, -0.25) is 10.1 Å². The van der Waals surface area contributed by atoms with E-state index in [2.05, 4.69) is 0 Å². The lowest BCUT2D eigenvalue weighted by Gasteiger charge is -2.08. The lowest BCUT2D eigenvalue weighted by Crippen LogP contribution is -2.10. The van der Waals surface area contributed by atoms with Crippen molar-refractivity contribution in [3.63, 3.8) is 0 Å². The van der Waals surface area contributed by atoms with Crippen LogP contribution in [0.4, 0.5) is 5.69 Å². The van der Waals surface area contributed by atoms with Crippen molar-refractivity contribution in [3.8, 4) is 0 Å². The third kappa shape index (κ3) is 2.94. The Hall–Kier alpha value is -1.62. The highest BCUT2D eigenvalue weighted by molar-refractivity contribution is 6.18. The maximum Gasteiger partial charge on any atom is 0.338 e. The maximum absolute atomic E-state index is 11.6. The maximum atomic E-state index is 11.6. The van der Waals surface area contributed by atoms with Gasteiger partial charge in [0, 0.05) is 6.07 Å². The van der Waals surface area contributed by atoms with Crippen molar-refractivity contribution in [1.82, 2.24) is 0 Å². The molecule has 0 aliphatic rings. The Morgan fingerprint density at radius 2 is 2.18 bits per heavy atom. The molecule has 0 saturated carbocycles. The van der Waals surface area contributed by atoms with Gasteiger partial charge >= 0.3 is 5.97 Å². The minimum absolute atomic E-state index is 0.106. The third-order valence-electron chi connectivity index (χ3n) is 2.20. The molecule has 0 aliphatic carbocycles. The molecule has 1 aromatic rings. The number of hydrogen-bond donors (Lipinski definition) is 0. The lowest BCUT2D eigenvalue weighted by molar-refractivity contribution is -0.385. The molecule has 0 radical (unpaired) electrons. The van der Waals surface area contributed by atoms with E-state index < -0.39 is 10.9 Å². The monoisotopic (exact) mass is 257 g/mol. The first-order valence-corrected chi connectivity index (χ1v) is 5.55. The van der Waals surface area contributed by atoms with Crippen LogP contribution >= 0.6 is 11.6 Å². The zero-order chi connectivity index (χ0) is 13.0. The predicted molar refractivity (Wildman–Crippen MR) is 63.3 cm³/mol. The number of hydrogen-bond acceptors (Lipinski definition) is 4. The van der Waals surface area contributed by atoms with Crippen LogP contribution in [0.3, 0.4) is 0 Å². The molecule has 0 atom stereocenters. The Labute approximate surface area is 103 Å². The quantitative estimate of drug-likeness (QED) is 0.360. The SMILES string of the molecule is CCOC(=O)c1cc(C)cc([N+](=O)[O-])c1CCl. The Bertz CT molecular complexity index is 459. The lowest BCUT2D eigenvalue weighted by atomic mass is 10.0. The topological polar surface area (TPSA) is 69.4 Å². The summed E-state index contributed by atoms with van der Waals surface area (Å²) in [7, 11) is 0. The molecule has 0 N–H and O–H groups in total. The minimum Gasteiger partial charge on any atom is -0.462 e. The molecule has 0 unspecified atom stereocenters. The van der Waals surface area contributed by atoms with Crippen molar-refractivity contribution in [2.45, 2.75) is 19.7 Å². The number of esters is 1. The van der Waals surface area contributed by atoms with Gasteiger partial charge in [0.2, 0.25) is 0 Å². The molecule has 6 heteroatoms. The summed E-state index contributed by atoms with van der Waals surface area (Å²) in [4.78, 5) is 22.0. The molecule has 1 aromatic carbocycles. The van der Waals surface area contributed by atoms with E-state index in [0.29, 0.717) is 5.56 Å². The second-order valence-electron chi connectivity index (χ2n) is 3.42. The fourth-order valence-corrected chi connectivity index (χ4v) is 1.77. The molecule has 0 aromatic heterocycles. The van der Waals surface area contributed by atoms with Crippen molar-refractivity contribution in [1.29, 1.82) is 0 Å². The molecule has 0 fully saturated rings. The number of carbonyl (C=O) groups is 1. The summed E-state index contributed by atoms with van der Waals surface area (Å²) < 4.78 is 4.84. The van der Waals surface area contributed by atoms with Crippen molar-refractivity contribution in [2.24, 2.45) is 0 Å². The largest absolute Gasteiger partial charge is 0.462 e. The Kier molecular flexibility index (Phi) is 4.45. The fraction of sp³-hybridized carbons (Fsp3) is 0.364. The van der Waals surface area contributed by atoms with Gasteiger partial charge in [0.1, 0.15) is 0 Å². The summed E-state index contributed by atoms with van der Waals surface area (Å²) in [5.74, 6) is -0.694. The molecule has 0 aliphatic heterocycles. The first-order chi connectivity index (χ1) is 8.01. The van der Waals surface area contributed by atoms with Gasteiger partial charge in [-0.05, 0) is 25.5 Å². The Morgan fingerprint density at radius 1 is 1.53 bits per heavy atom. The van der Waals surface area contributed by atoms with Gasteiger partial charge < -0.3 is 4.74 Å². The van der Waals surface area contributed by atoms with E-state index in [1.165, 1.54) is 6.07 Å². The van der Waals surface area contributed by atoms with E-state index in [1.54, 1.807) is 19.9 Å². The summed E-state index contributed by atoms with van der Waals surface area (Å²) >= 11 is 5.67. The zero-order valence-electron chi connectivity index (χ0n) is 9.53. The van der Waals surface area contributed by atoms with Gasteiger partial charge in [-0.25, -0.2) is 4.79 Å². The summed E-state index contributed by atoms with van der Waals surface area (Å²) in [5, 5.41) is 10.9. The minimum atomic E-state index is -0.588. The van der Waals surface area contributed by atoms with Crippen LogP contribution in [0.2, 0.25) is 0 Å². The summed E-state index contributed by atoms with van der Waals surface area (Å²) in [5.41, 5.74) is 0.825. The molecule has 1 rings (SSSR count). The number of ether oxygens (including phenoxy) is 1. The van der Waals surface area contributed by atoms with Crippen LogP contribution in [0.15, 0.2) is 12.1 Å². The first kappa shape index (κ1) is 13.4. The number of rotatable bonds is 4. The van der Waals surface area contributed by atoms with Gasteiger partial charge in [-0.2, -0.15) is 0 Å². The molecular formula is C11H12ClNO4. The summed E-state index contributed by atoms with van der Waals surface area (Å²) in [6.45, 7) is 3.55. The average molecular weight is 258 g/mol. The molecule has 0 amide bonds. The molecular weight excluding hydrogens is 246 g/mol. The molecule has 17 heavy (non-hydrogen) atoms. The number of aryl methyl sites for hydroxylation is 1. The van der Waals surface area contributed by atoms with E-state index in [1.807, 2.05) is 0 Å². The average Bonchev–Trinajstić information content (AvgIpc) is 2.28. The van der Waals surface area contributed by atoms with Crippen LogP contribution in [-0.2, 0) is 10.6 Å². The second kappa shape index (κ2) is 5.63. The predicted octanol–water partition coefficient (Wildman–Crippen LogP) is 2.82. The van der Waals surface area contributed by atoms with Crippen LogP contribution in [0.1, 0.15) is 28.4 Å². The summed E-state index contributed by atoms with van der Waals surface area (Å²) in [6.07, 6.45) is 0. The van der Waals surface area contributed by atoms with Gasteiger partial charge in [0.25, 0.3) is 5.69 Å². The van der Waals surface area contributed by atoms with Gasteiger partial charge in [0.15, 0.2) is 0 Å². The smallest absolute Gasteiger partial charge is 0.338 e. The first-order valence-electron chi connectivity index (χ1n) is 5.02. The zero-order valence-corrected chi connectivity index (χ0v) is 10.3. The number of halogens is 1. The number of carbonyl (C=O) groups excluding carboxylic acids is 1. The third-order valence-corrected chi connectivity index (χ3v) is 2.46. The van der Waals surface area contributed by atoms with Crippen LogP contribution in [0.5, 0.6) is 0 Å². The normalized spacial score (nSPS) is 10.1. The molecule has 5 nitrogen and oxygen atoms in total. The van der Waals surface area contributed by atoms with Crippen molar-refractivity contribution >= 4 is 23.3 Å². The van der Waals surface area contributed by atoms with Gasteiger partial charge in [0.05, 0.1) is 28.5 Å². The van der Waals surface area contributed by atoms with E-state index >= 15 is 0 Å². The highest BCUT2D eigenvalue weighted by Gasteiger charge is 2.22. The number of nitro groups is 1. The highest BCUT2D eigenvalue weighted by Crippen LogP contribution is 2.26. The number of benzene rings is 1. The molecule has 92 valence electrons. The standard InChI is InChI=1S/C11H12ClNO4/c1-3-17-11(14)8-4-7(2)5-10(13(15)16)9(8)6-12/h4-5H,3,6H2,1-2H3. The molecule has 0 spiro atoms. The number of nitro benzene ring substituents is 1. The molecule has 0 bridgehead atoms. The Balaban J connectivity index is 3.37. The van der Waals surface area contributed by atoms with Crippen LogP contribution in [0, 0.1) is 17.0 Å². The second-order valence-corrected chi connectivity index (χ2v) is 3.69. The van der Waals surface area contributed by atoms with Crippen molar-refractivity contribution < 1.29 is 14.5 Å². The van der Waals surface area contributed by atoms with Gasteiger partial charge in [-0.15, -0.1) is 11.6 Å². The molecule has 0 saturated heterocycles. The van der Waals surface area contributed by atoms with Crippen molar-refractivity contribution in [3.05, 3.63) is 38.9 Å². The van der Waals surface area contributed by atoms with Gasteiger partial charge in [-0.1, -0.05) is 0 Å². The van der Waals surface area contributed by atoms with Crippen LogP contribution < -0.4 is 0 Å². The van der Waals surface area contributed by atoms with Crippen LogP contribution in [0.25, 0.3) is 0 Å². The van der Waals surface area contributed by atoms with E-state index in [0.717, 1.165) is 0 Å². The van der Waals surface area contributed by atoms with E-state index in [4.69, 9.17) is 16.3 Å².